The van der Waals surface area contributed by atoms with E-state index >= 15 is 0 Å². The molecule has 0 bridgehead atoms. The lowest BCUT2D eigenvalue weighted by molar-refractivity contribution is 0.666. The molecule has 0 atom stereocenters. The highest BCUT2D eigenvalue weighted by Gasteiger charge is 2.18. The standard InChI is InChI=1S/C48H30N2O.C4H8/c1-2-14-35(15-3-1)49-42-20-7-6-18-38(42)40-29-33(24-26-45(40)49)31-12-10-13-32(28-31)34-25-27-47-41(30-34)39-19-11-23-46(48(39)51-47)50-43-21-8-4-16-36(43)37-17-5-9-22-44(37)50;1-3-4-2/h1-30H;3-4H,1-2H3/b;4-3-. The summed E-state index contributed by atoms with van der Waals surface area (Å²) in [5.74, 6) is 0. The summed E-state index contributed by atoms with van der Waals surface area (Å²) in [5.41, 5.74) is 13.5. The first kappa shape index (κ1) is 32.5. The van der Waals surface area contributed by atoms with E-state index in [1.807, 2.05) is 26.0 Å². The van der Waals surface area contributed by atoms with Gasteiger partial charge in [0, 0.05) is 38.0 Å². The Balaban J connectivity index is 0.000000891. The third-order valence-corrected chi connectivity index (χ3v) is 10.8. The Morgan fingerprint density at radius 3 is 1.51 bits per heavy atom. The monoisotopic (exact) mass is 706 g/mol. The summed E-state index contributed by atoms with van der Waals surface area (Å²) in [5, 5.41) is 7.22. The molecule has 0 spiro atoms. The third kappa shape index (κ3) is 5.35. The molecule has 3 heterocycles. The van der Waals surface area contributed by atoms with E-state index in [0.717, 1.165) is 33.2 Å². The number of fused-ring (bicyclic) bond motifs is 9. The molecule has 0 radical (unpaired) electrons. The molecule has 3 nitrogen and oxygen atoms in total. The van der Waals surface area contributed by atoms with E-state index < -0.39 is 0 Å². The lowest BCUT2D eigenvalue weighted by atomic mass is 9.97. The van der Waals surface area contributed by atoms with Gasteiger partial charge in [0.15, 0.2) is 5.58 Å². The number of hydrogen-bond acceptors (Lipinski definition) is 1. The van der Waals surface area contributed by atoms with Crippen molar-refractivity contribution in [2.45, 2.75) is 13.8 Å². The highest BCUT2D eigenvalue weighted by molar-refractivity contribution is 6.13. The topological polar surface area (TPSA) is 23.0 Å². The Morgan fingerprint density at radius 1 is 0.364 bits per heavy atom. The molecule has 0 N–H and O–H groups in total. The Kier molecular flexibility index (Phi) is 7.92. The van der Waals surface area contributed by atoms with Crippen LogP contribution in [0.5, 0.6) is 0 Å². The number of benzene rings is 8. The van der Waals surface area contributed by atoms with Crippen molar-refractivity contribution >= 4 is 65.6 Å². The van der Waals surface area contributed by atoms with Crippen LogP contribution in [0, 0.1) is 0 Å². The first-order valence-corrected chi connectivity index (χ1v) is 18.9. The lowest BCUT2D eigenvalue weighted by Crippen LogP contribution is -1.93. The lowest BCUT2D eigenvalue weighted by Gasteiger charge is -2.09. The van der Waals surface area contributed by atoms with Crippen molar-refractivity contribution in [1.29, 1.82) is 0 Å². The van der Waals surface area contributed by atoms with Gasteiger partial charge in [-0.2, -0.15) is 0 Å². The minimum Gasteiger partial charge on any atom is -0.454 e. The van der Waals surface area contributed by atoms with Gasteiger partial charge < -0.3 is 13.6 Å². The largest absolute Gasteiger partial charge is 0.454 e. The van der Waals surface area contributed by atoms with Gasteiger partial charge in [-0.05, 0) is 103 Å². The predicted molar refractivity (Wildman–Crippen MR) is 234 cm³/mol. The minimum atomic E-state index is 0.887. The van der Waals surface area contributed by atoms with Crippen molar-refractivity contribution in [1.82, 2.24) is 9.13 Å². The van der Waals surface area contributed by atoms with E-state index in [9.17, 15) is 0 Å². The quantitative estimate of drug-likeness (QED) is 0.167. The van der Waals surface area contributed by atoms with Gasteiger partial charge in [-0.3, -0.25) is 0 Å². The fraction of sp³-hybridized carbons (Fsp3) is 0.0385. The van der Waals surface area contributed by atoms with E-state index in [0.29, 0.717) is 0 Å². The highest BCUT2D eigenvalue weighted by Crippen LogP contribution is 2.40. The number of nitrogens with zero attached hydrogens (tertiary/aromatic N) is 2. The molecule has 3 heteroatoms. The van der Waals surface area contributed by atoms with Gasteiger partial charge in [0.05, 0.1) is 27.8 Å². The van der Waals surface area contributed by atoms with E-state index in [4.69, 9.17) is 4.42 Å². The summed E-state index contributed by atoms with van der Waals surface area (Å²) in [6.07, 6.45) is 4.00. The van der Waals surface area contributed by atoms with Crippen molar-refractivity contribution in [2.24, 2.45) is 0 Å². The van der Waals surface area contributed by atoms with Crippen LogP contribution in [0.4, 0.5) is 0 Å². The molecule has 0 amide bonds. The molecule has 3 aromatic heterocycles. The summed E-state index contributed by atoms with van der Waals surface area (Å²) in [6, 6.07) is 65.4. The van der Waals surface area contributed by atoms with Crippen LogP contribution >= 0.6 is 0 Å². The third-order valence-electron chi connectivity index (χ3n) is 10.8. The molecule has 55 heavy (non-hydrogen) atoms. The van der Waals surface area contributed by atoms with Gasteiger partial charge in [-0.15, -0.1) is 0 Å². The zero-order valence-corrected chi connectivity index (χ0v) is 30.8. The van der Waals surface area contributed by atoms with Gasteiger partial charge in [-0.1, -0.05) is 127 Å². The Bertz CT molecular complexity index is 3170. The second-order valence-corrected chi connectivity index (χ2v) is 14.0. The molecular formula is C52H38N2O. The average Bonchev–Trinajstić information content (AvgIpc) is 3.91. The highest BCUT2D eigenvalue weighted by atomic mass is 16.3. The zero-order chi connectivity index (χ0) is 36.9. The van der Waals surface area contributed by atoms with Crippen LogP contribution in [-0.4, -0.2) is 9.13 Å². The average molecular weight is 707 g/mol. The zero-order valence-electron chi connectivity index (χ0n) is 30.8. The van der Waals surface area contributed by atoms with Crippen LogP contribution in [0.1, 0.15) is 13.8 Å². The maximum atomic E-state index is 6.68. The molecule has 0 fully saturated rings. The Hall–Kier alpha value is -7.10. The van der Waals surface area contributed by atoms with Crippen molar-refractivity contribution in [3.05, 3.63) is 194 Å². The second-order valence-electron chi connectivity index (χ2n) is 14.0. The molecule has 8 aromatic carbocycles. The maximum Gasteiger partial charge on any atom is 0.159 e. The molecule has 0 saturated heterocycles. The van der Waals surface area contributed by atoms with Crippen molar-refractivity contribution in [3.63, 3.8) is 0 Å². The van der Waals surface area contributed by atoms with Crippen LogP contribution in [0.3, 0.4) is 0 Å². The fourth-order valence-corrected chi connectivity index (χ4v) is 8.21. The van der Waals surface area contributed by atoms with E-state index in [-0.39, 0.29) is 0 Å². The fourth-order valence-electron chi connectivity index (χ4n) is 8.21. The predicted octanol–water partition coefficient (Wildman–Crippen LogP) is 14.7. The second kappa shape index (κ2) is 13.4. The van der Waals surface area contributed by atoms with Crippen molar-refractivity contribution < 1.29 is 4.42 Å². The molecule has 0 aliphatic heterocycles. The summed E-state index contributed by atoms with van der Waals surface area (Å²) in [6.45, 7) is 4.00. The first-order valence-electron chi connectivity index (χ1n) is 18.9. The van der Waals surface area contributed by atoms with Gasteiger partial charge in [-0.25, -0.2) is 0 Å². The summed E-state index contributed by atoms with van der Waals surface area (Å²) in [7, 11) is 0. The van der Waals surface area contributed by atoms with Crippen molar-refractivity contribution in [3.8, 4) is 33.6 Å². The van der Waals surface area contributed by atoms with Gasteiger partial charge in [0.1, 0.15) is 5.58 Å². The normalized spacial score (nSPS) is 11.7. The molecule has 0 aliphatic rings. The van der Waals surface area contributed by atoms with Crippen LogP contribution in [0.25, 0.3) is 99.2 Å². The molecule has 0 unspecified atom stereocenters. The van der Waals surface area contributed by atoms with E-state index in [1.165, 1.54) is 66.0 Å². The Morgan fingerprint density at radius 2 is 0.855 bits per heavy atom. The van der Waals surface area contributed by atoms with Gasteiger partial charge >= 0.3 is 0 Å². The van der Waals surface area contributed by atoms with E-state index in [2.05, 4.69) is 191 Å². The SMILES string of the molecule is C/C=C\C.c1ccc(-n2c3ccccc3c3cc(-c4cccc(-c5ccc6oc7c(-n8c9ccccc9c9ccccc98)cccc7c6c5)c4)ccc32)cc1. The minimum absolute atomic E-state index is 0.887. The number of para-hydroxylation sites is 5. The van der Waals surface area contributed by atoms with E-state index in [1.54, 1.807) is 0 Å². The number of furan rings is 1. The smallest absolute Gasteiger partial charge is 0.159 e. The Labute approximate surface area is 319 Å². The molecule has 11 aromatic rings. The van der Waals surface area contributed by atoms with Crippen molar-refractivity contribution in [2.75, 3.05) is 0 Å². The summed E-state index contributed by atoms with van der Waals surface area (Å²) < 4.78 is 11.4. The van der Waals surface area contributed by atoms with Crippen LogP contribution in [0.15, 0.2) is 199 Å². The molecule has 0 aliphatic carbocycles. The number of rotatable bonds is 4. The summed E-state index contributed by atoms with van der Waals surface area (Å²) >= 11 is 0. The van der Waals surface area contributed by atoms with Gasteiger partial charge in [0.2, 0.25) is 0 Å². The number of allylic oxidation sites excluding steroid dienone is 2. The maximum absolute atomic E-state index is 6.68. The number of aromatic nitrogens is 2. The van der Waals surface area contributed by atoms with Crippen LogP contribution < -0.4 is 0 Å². The molecule has 11 rings (SSSR count). The van der Waals surface area contributed by atoms with Crippen LogP contribution in [-0.2, 0) is 0 Å². The molecule has 262 valence electrons. The summed E-state index contributed by atoms with van der Waals surface area (Å²) in [4.78, 5) is 0. The van der Waals surface area contributed by atoms with Crippen LogP contribution in [0.2, 0.25) is 0 Å². The molecular weight excluding hydrogens is 669 g/mol. The first-order chi connectivity index (χ1) is 27.2. The molecule has 0 saturated carbocycles. The van der Waals surface area contributed by atoms with Gasteiger partial charge in [0.25, 0.3) is 0 Å². The number of hydrogen-bond donors (Lipinski definition) is 0.